The third-order valence-electron chi connectivity index (χ3n) is 3.03. The molecule has 0 N–H and O–H groups in total. The predicted octanol–water partition coefficient (Wildman–Crippen LogP) is 2.55. The minimum atomic E-state index is -0.318. The number of nitrogens with zero attached hydrogens (tertiary/aromatic N) is 2. The van der Waals surface area contributed by atoms with Crippen molar-refractivity contribution in [2.75, 3.05) is 6.61 Å². The average Bonchev–Trinajstić information content (AvgIpc) is 2.78. The van der Waals surface area contributed by atoms with Crippen LogP contribution in [0.5, 0.6) is 0 Å². The van der Waals surface area contributed by atoms with Crippen LogP contribution in [0, 0.1) is 6.92 Å². The van der Waals surface area contributed by atoms with Crippen LogP contribution in [0.2, 0.25) is 5.02 Å². The van der Waals surface area contributed by atoms with Crippen molar-refractivity contribution >= 4 is 17.6 Å². The summed E-state index contributed by atoms with van der Waals surface area (Å²) >= 11 is 6.00. The van der Waals surface area contributed by atoms with Crippen LogP contribution in [0.1, 0.15) is 21.7 Å². The first-order valence-electron chi connectivity index (χ1n) is 5.66. The van der Waals surface area contributed by atoms with Crippen LogP contribution < -0.4 is 0 Å². The Morgan fingerprint density at radius 3 is 3.06 bits per heavy atom. The van der Waals surface area contributed by atoms with Gasteiger partial charge in [0, 0.05) is 17.1 Å². The van der Waals surface area contributed by atoms with Crippen LogP contribution in [0.15, 0.2) is 24.5 Å². The lowest BCUT2D eigenvalue weighted by atomic mass is 10.2. The molecule has 0 fully saturated rings. The Hall–Kier alpha value is -1.81. The number of benzene rings is 1. The topological polar surface area (TPSA) is 44.1 Å². The highest BCUT2D eigenvalue weighted by Gasteiger charge is 2.25. The van der Waals surface area contributed by atoms with Crippen molar-refractivity contribution in [1.82, 2.24) is 9.55 Å². The first-order chi connectivity index (χ1) is 8.66. The minimum Gasteiger partial charge on any atom is -0.461 e. The third-order valence-corrected chi connectivity index (χ3v) is 3.45. The van der Waals surface area contributed by atoms with Gasteiger partial charge in [0.2, 0.25) is 0 Å². The molecule has 4 nitrogen and oxygen atoms in total. The van der Waals surface area contributed by atoms with Crippen molar-refractivity contribution in [3.05, 3.63) is 46.5 Å². The molecule has 1 aliphatic heterocycles. The summed E-state index contributed by atoms with van der Waals surface area (Å²) in [7, 11) is 0. The summed E-state index contributed by atoms with van der Waals surface area (Å²) in [5.74, 6) is -0.318. The van der Waals surface area contributed by atoms with Gasteiger partial charge in [-0.1, -0.05) is 11.6 Å². The lowest BCUT2D eigenvalue weighted by molar-refractivity contribution is 0.0468. The van der Waals surface area contributed by atoms with Crippen LogP contribution in [0.4, 0.5) is 0 Å². The van der Waals surface area contributed by atoms with Crippen LogP contribution in [0.25, 0.3) is 5.69 Å². The number of aromatic nitrogens is 2. The maximum absolute atomic E-state index is 11.8. The zero-order valence-corrected chi connectivity index (χ0v) is 10.6. The van der Waals surface area contributed by atoms with E-state index in [-0.39, 0.29) is 5.97 Å². The van der Waals surface area contributed by atoms with Gasteiger partial charge >= 0.3 is 5.97 Å². The van der Waals surface area contributed by atoms with Crippen molar-refractivity contribution in [3.63, 3.8) is 0 Å². The predicted molar refractivity (Wildman–Crippen MR) is 67.3 cm³/mol. The zero-order valence-electron chi connectivity index (χ0n) is 9.81. The van der Waals surface area contributed by atoms with E-state index in [1.165, 1.54) is 0 Å². The van der Waals surface area contributed by atoms with Crippen molar-refractivity contribution < 1.29 is 9.53 Å². The number of imidazole rings is 1. The molecule has 3 rings (SSSR count). The van der Waals surface area contributed by atoms with Crippen molar-refractivity contribution in [3.8, 4) is 5.69 Å². The fourth-order valence-electron chi connectivity index (χ4n) is 2.07. The molecule has 5 heteroatoms. The van der Waals surface area contributed by atoms with Crippen molar-refractivity contribution in [1.29, 1.82) is 0 Å². The van der Waals surface area contributed by atoms with Gasteiger partial charge < -0.3 is 4.74 Å². The lowest BCUT2D eigenvalue weighted by Crippen LogP contribution is -2.20. The molecule has 1 aliphatic rings. The van der Waals surface area contributed by atoms with Gasteiger partial charge in [-0.05, 0) is 30.7 Å². The normalized spacial score (nSPS) is 14.2. The number of rotatable bonds is 1. The molecule has 2 aromatic rings. The highest BCUT2D eigenvalue weighted by Crippen LogP contribution is 2.23. The summed E-state index contributed by atoms with van der Waals surface area (Å²) in [5, 5.41) is 0.704. The molecule has 2 heterocycles. The fourth-order valence-corrected chi connectivity index (χ4v) is 2.19. The maximum Gasteiger partial charge on any atom is 0.357 e. The Bertz CT molecular complexity index is 634. The standard InChI is InChI=1S/C13H11ClN2O2/c1-8-6-9(2-3-10(8)14)16-7-15-11-4-5-18-13(17)12(11)16/h2-3,6-7H,4-5H2,1H3. The molecular formula is C13H11ClN2O2. The molecule has 0 saturated carbocycles. The SMILES string of the molecule is Cc1cc(-n2cnc3c2C(=O)OCC3)ccc1Cl. The largest absolute Gasteiger partial charge is 0.461 e. The van der Waals surface area contributed by atoms with E-state index in [9.17, 15) is 4.79 Å². The molecule has 1 aromatic heterocycles. The summed E-state index contributed by atoms with van der Waals surface area (Å²) in [4.78, 5) is 16.0. The Morgan fingerprint density at radius 2 is 2.28 bits per heavy atom. The van der Waals surface area contributed by atoms with Crippen LogP contribution in [-0.4, -0.2) is 22.1 Å². The summed E-state index contributed by atoms with van der Waals surface area (Å²) < 4.78 is 6.80. The fraction of sp³-hybridized carbons (Fsp3) is 0.231. The van der Waals surface area contributed by atoms with Gasteiger partial charge in [0.05, 0.1) is 12.3 Å². The maximum atomic E-state index is 11.8. The Kier molecular flexibility index (Phi) is 2.59. The summed E-state index contributed by atoms with van der Waals surface area (Å²) in [6.07, 6.45) is 2.32. The number of ether oxygens (including phenoxy) is 1. The molecular weight excluding hydrogens is 252 g/mol. The van der Waals surface area contributed by atoms with Gasteiger partial charge in [0.1, 0.15) is 6.33 Å². The highest BCUT2D eigenvalue weighted by molar-refractivity contribution is 6.31. The zero-order chi connectivity index (χ0) is 12.7. The molecule has 0 spiro atoms. The van der Waals surface area contributed by atoms with E-state index in [0.717, 1.165) is 16.9 Å². The summed E-state index contributed by atoms with van der Waals surface area (Å²) in [5.41, 5.74) is 3.13. The molecule has 1 aromatic carbocycles. The van der Waals surface area contributed by atoms with Gasteiger partial charge in [0.15, 0.2) is 5.69 Å². The van der Waals surface area contributed by atoms with Gasteiger partial charge in [-0.25, -0.2) is 9.78 Å². The van der Waals surface area contributed by atoms with E-state index in [0.29, 0.717) is 23.7 Å². The van der Waals surface area contributed by atoms with E-state index < -0.39 is 0 Å². The van der Waals surface area contributed by atoms with Crippen LogP contribution >= 0.6 is 11.6 Å². The second kappa shape index (κ2) is 4.14. The number of halogens is 1. The Labute approximate surface area is 109 Å². The number of cyclic esters (lactones) is 1. The quantitative estimate of drug-likeness (QED) is 0.742. The van der Waals surface area contributed by atoms with E-state index in [2.05, 4.69) is 4.98 Å². The number of carbonyl (C=O) groups is 1. The van der Waals surface area contributed by atoms with Gasteiger partial charge in [0.25, 0.3) is 0 Å². The number of hydrogen-bond acceptors (Lipinski definition) is 3. The first kappa shape index (κ1) is 11.3. The molecule has 0 unspecified atom stereocenters. The van der Waals surface area contributed by atoms with Crippen LogP contribution in [-0.2, 0) is 11.2 Å². The number of fused-ring (bicyclic) bond motifs is 1. The summed E-state index contributed by atoms with van der Waals surface area (Å²) in [6.45, 7) is 2.33. The number of aryl methyl sites for hydroxylation is 1. The monoisotopic (exact) mass is 262 g/mol. The van der Waals surface area contributed by atoms with E-state index in [4.69, 9.17) is 16.3 Å². The van der Waals surface area contributed by atoms with Crippen LogP contribution in [0.3, 0.4) is 0 Å². The van der Waals surface area contributed by atoms with E-state index >= 15 is 0 Å². The number of carbonyl (C=O) groups excluding carboxylic acids is 1. The Morgan fingerprint density at radius 1 is 1.44 bits per heavy atom. The van der Waals surface area contributed by atoms with Crippen molar-refractivity contribution in [2.45, 2.75) is 13.3 Å². The molecule has 0 atom stereocenters. The second-order valence-corrected chi connectivity index (χ2v) is 4.64. The van der Waals surface area contributed by atoms with Crippen molar-refractivity contribution in [2.24, 2.45) is 0 Å². The highest BCUT2D eigenvalue weighted by atomic mass is 35.5. The molecule has 0 bridgehead atoms. The molecule has 92 valence electrons. The molecule has 0 saturated heterocycles. The van der Waals surface area contributed by atoms with Gasteiger partial charge in [-0.15, -0.1) is 0 Å². The van der Waals surface area contributed by atoms with Gasteiger partial charge in [-0.2, -0.15) is 0 Å². The molecule has 0 amide bonds. The average molecular weight is 263 g/mol. The molecule has 18 heavy (non-hydrogen) atoms. The second-order valence-electron chi connectivity index (χ2n) is 4.23. The van der Waals surface area contributed by atoms with E-state index in [1.54, 1.807) is 10.9 Å². The first-order valence-corrected chi connectivity index (χ1v) is 6.04. The Balaban J connectivity index is 2.15. The smallest absolute Gasteiger partial charge is 0.357 e. The molecule has 0 radical (unpaired) electrons. The minimum absolute atomic E-state index is 0.318. The molecule has 0 aliphatic carbocycles. The third kappa shape index (κ3) is 1.69. The van der Waals surface area contributed by atoms with Gasteiger partial charge in [-0.3, -0.25) is 4.57 Å². The van der Waals surface area contributed by atoms with E-state index in [1.807, 2.05) is 25.1 Å². The number of esters is 1. The lowest BCUT2D eigenvalue weighted by Gasteiger charge is -2.14. The summed E-state index contributed by atoms with van der Waals surface area (Å²) in [6, 6.07) is 5.60. The number of hydrogen-bond donors (Lipinski definition) is 0.